The van der Waals surface area contributed by atoms with Crippen molar-refractivity contribution in [2.45, 2.75) is 110 Å². The van der Waals surface area contributed by atoms with E-state index in [1.54, 1.807) is 0 Å². The van der Waals surface area contributed by atoms with Crippen molar-refractivity contribution in [2.75, 3.05) is 13.2 Å². The van der Waals surface area contributed by atoms with E-state index in [0.29, 0.717) is 6.42 Å². The summed E-state index contributed by atoms with van der Waals surface area (Å²) >= 11 is 0. The maximum absolute atomic E-state index is 11.6. The number of hydrogen-bond donors (Lipinski definition) is 2. The molecular weight excluding hydrogens is 340 g/mol. The van der Waals surface area contributed by atoms with Crippen molar-refractivity contribution in [1.29, 1.82) is 0 Å². The van der Waals surface area contributed by atoms with E-state index in [2.05, 4.69) is 19.1 Å². The maximum atomic E-state index is 11.6. The Kier molecular flexibility index (Phi) is 16.7. The highest BCUT2D eigenvalue weighted by Crippen LogP contribution is 2.15. The molecule has 0 saturated heterocycles. The number of allylic oxidation sites excluding steroid dienone is 1. The molecule has 0 rings (SSSR count). The van der Waals surface area contributed by atoms with E-state index in [1.165, 1.54) is 25.7 Å². The smallest absolute Gasteiger partial charge is 0.305 e. The van der Waals surface area contributed by atoms with Crippen molar-refractivity contribution < 1.29 is 19.7 Å². The van der Waals surface area contributed by atoms with Gasteiger partial charge in [-0.1, -0.05) is 77.9 Å². The third-order valence-corrected chi connectivity index (χ3v) is 4.77. The molecule has 160 valence electrons. The molecule has 2 N–H and O–H groups in total. The fourth-order valence-corrected chi connectivity index (χ4v) is 2.75. The monoisotopic (exact) mass is 384 g/mol. The van der Waals surface area contributed by atoms with Crippen LogP contribution in [0.2, 0.25) is 0 Å². The molecule has 0 aliphatic heterocycles. The molecule has 27 heavy (non-hydrogen) atoms. The first kappa shape index (κ1) is 26.1. The zero-order valence-electron chi connectivity index (χ0n) is 18.0. The van der Waals surface area contributed by atoms with Crippen molar-refractivity contribution in [3.05, 3.63) is 12.2 Å². The van der Waals surface area contributed by atoms with Crippen molar-refractivity contribution in [3.8, 4) is 0 Å². The van der Waals surface area contributed by atoms with Crippen molar-refractivity contribution in [2.24, 2.45) is 5.41 Å². The van der Waals surface area contributed by atoms with Crippen molar-refractivity contribution in [3.63, 3.8) is 0 Å². The summed E-state index contributed by atoms with van der Waals surface area (Å²) in [6.07, 6.45) is 17.7. The molecule has 0 aliphatic carbocycles. The SMILES string of the molecule is CCCCCC[C@@H](O)C/C=C\CCCCCCCC(=O)OCC(C)(C)CO. The Morgan fingerprint density at radius 1 is 1.00 bits per heavy atom. The molecular formula is C23H44O4. The number of rotatable bonds is 18. The highest BCUT2D eigenvalue weighted by molar-refractivity contribution is 5.69. The topological polar surface area (TPSA) is 66.8 Å². The molecule has 0 aliphatic rings. The highest BCUT2D eigenvalue weighted by atomic mass is 16.5. The minimum atomic E-state index is -0.353. The predicted molar refractivity (Wildman–Crippen MR) is 113 cm³/mol. The molecule has 0 spiro atoms. The number of carbonyl (C=O) groups excluding carboxylic acids is 1. The van der Waals surface area contributed by atoms with Gasteiger partial charge in [0.1, 0.15) is 0 Å². The number of carbonyl (C=O) groups is 1. The minimum absolute atomic E-state index is 0.0205. The summed E-state index contributed by atoms with van der Waals surface area (Å²) in [5.41, 5.74) is -0.353. The second-order valence-corrected chi connectivity index (χ2v) is 8.50. The van der Waals surface area contributed by atoms with Gasteiger partial charge in [-0.25, -0.2) is 0 Å². The molecule has 0 saturated carbocycles. The van der Waals surface area contributed by atoms with E-state index in [4.69, 9.17) is 9.84 Å². The number of hydrogen-bond acceptors (Lipinski definition) is 4. The van der Waals surface area contributed by atoms with Crippen LogP contribution in [0.15, 0.2) is 12.2 Å². The normalized spacial score (nSPS) is 13.2. The first-order chi connectivity index (χ1) is 12.9. The quantitative estimate of drug-likeness (QED) is 0.184. The van der Waals surface area contributed by atoms with E-state index in [9.17, 15) is 9.90 Å². The molecule has 0 aromatic heterocycles. The fraction of sp³-hybridized carbons (Fsp3) is 0.870. The second kappa shape index (κ2) is 17.2. The summed E-state index contributed by atoms with van der Waals surface area (Å²) in [6.45, 7) is 6.26. The van der Waals surface area contributed by atoms with E-state index >= 15 is 0 Å². The van der Waals surface area contributed by atoms with Crippen LogP contribution in [-0.4, -0.2) is 35.5 Å². The lowest BCUT2D eigenvalue weighted by Gasteiger charge is -2.20. The van der Waals surface area contributed by atoms with Gasteiger partial charge in [0, 0.05) is 11.8 Å². The Morgan fingerprint density at radius 3 is 2.37 bits per heavy atom. The molecule has 0 fully saturated rings. The van der Waals surface area contributed by atoms with E-state index in [-0.39, 0.29) is 30.7 Å². The Bertz CT molecular complexity index is 377. The Labute approximate surface area is 167 Å². The Morgan fingerprint density at radius 2 is 1.67 bits per heavy atom. The Hall–Kier alpha value is -0.870. The molecule has 0 unspecified atom stereocenters. The largest absolute Gasteiger partial charge is 0.465 e. The van der Waals surface area contributed by atoms with Gasteiger partial charge in [-0.3, -0.25) is 4.79 Å². The zero-order valence-corrected chi connectivity index (χ0v) is 18.0. The molecule has 4 heteroatoms. The standard InChI is InChI=1S/C23H44O4/c1-4-5-6-13-16-21(25)17-14-11-9-7-8-10-12-15-18-22(26)27-20-23(2,3)19-24/h11,14,21,24-25H,4-10,12-13,15-20H2,1-3H3/b14-11-/t21-/m1/s1. The number of ether oxygens (including phenoxy) is 1. The third-order valence-electron chi connectivity index (χ3n) is 4.77. The molecule has 0 amide bonds. The first-order valence-corrected chi connectivity index (χ1v) is 11.0. The van der Waals surface area contributed by atoms with Gasteiger partial charge < -0.3 is 14.9 Å². The summed E-state index contributed by atoms with van der Waals surface area (Å²) in [5.74, 6) is -0.160. The van der Waals surface area contributed by atoms with Crippen LogP contribution in [0.1, 0.15) is 104 Å². The first-order valence-electron chi connectivity index (χ1n) is 11.0. The van der Waals surface area contributed by atoms with E-state index in [0.717, 1.165) is 51.4 Å². The highest BCUT2D eigenvalue weighted by Gasteiger charge is 2.18. The summed E-state index contributed by atoms with van der Waals surface area (Å²) in [7, 11) is 0. The molecule has 0 aromatic carbocycles. The lowest BCUT2D eigenvalue weighted by atomic mass is 9.96. The average Bonchev–Trinajstić information content (AvgIpc) is 2.65. The number of aliphatic hydroxyl groups is 2. The van der Waals surface area contributed by atoms with Crippen LogP contribution >= 0.6 is 0 Å². The van der Waals surface area contributed by atoms with Gasteiger partial charge in [-0.05, 0) is 32.1 Å². The number of aliphatic hydroxyl groups excluding tert-OH is 2. The minimum Gasteiger partial charge on any atom is -0.465 e. The van der Waals surface area contributed by atoms with Crippen molar-refractivity contribution in [1.82, 2.24) is 0 Å². The molecule has 0 bridgehead atoms. The van der Waals surface area contributed by atoms with E-state index in [1.807, 2.05) is 13.8 Å². The van der Waals surface area contributed by atoms with Crippen LogP contribution in [0.3, 0.4) is 0 Å². The second-order valence-electron chi connectivity index (χ2n) is 8.50. The summed E-state index contributed by atoms with van der Waals surface area (Å²) in [6, 6.07) is 0. The summed E-state index contributed by atoms with van der Waals surface area (Å²) in [5, 5.41) is 19.0. The van der Waals surface area contributed by atoms with Gasteiger partial charge in [0.25, 0.3) is 0 Å². The predicted octanol–water partition coefficient (Wildman–Crippen LogP) is 5.56. The lowest BCUT2D eigenvalue weighted by Crippen LogP contribution is -2.25. The van der Waals surface area contributed by atoms with Crippen LogP contribution in [0.5, 0.6) is 0 Å². The van der Waals surface area contributed by atoms with Gasteiger partial charge in [0.05, 0.1) is 19.3 Å². The summed E-state index contributed by atoms with van der Waals surface area (Å²) in [4.78, 5) is 11.6. The van der Waals surface area contributed by atoms with Crippen LogP contribution in [0, 0.1) is 5.41 Å². The van der Waals surface area contributed by atoms with Gasteiger partial charge in [0.15, 0.2) is 0 Å². The Balaban J connectivity index is 3.42. The number of unbranched alkanes of at least 4 members (excludes halogenated alkanes) is 8. The van der Waals surface area contributed by atoms with Gasteiger partial charge in [-0.2, -0.15) is 0 Å². The van der Waals surface area contributed by atoms with Gasteiger partial charge in [0.2, 0.25) is 0 Å². The van der Waals surface area contributed by atoms with Gasteiger partial charge in [-0.15, -0.1) is 0 Å². The molecule has 1 atom stereocenters. The average molecular weight is 385 g/mol. The summed E-state index contributed by atoms with van der Waals surface area (Å²) < 4.78 is 5.20. The van der Waals surface area contributed by atoms with Crippen molar-refractivity contribution >= 4 is 5.97 Å². The maximum Gasteiger partial charge on any atom is 0.305 e. The molecule has 4 nitrogen and oxygen atoms in total. The molecule has 0 heterocycles. The fourth-order valence-electron chi connectivity index (χ4n) is 2.75. The lowest BCUT2D eigenvalue weighted by molar-refractivity contribution is -0.147. The van der Waals surface area contributed by atoms with Crippen LogP contribution in [-0.2, 0) is 9.53 Å². The zero-order chi connectivity index (χ0) is 20.4. The van der Waals surface area contributed by atoms with Crippen LogP contribution in [0.4, 0.5) is 0 Å². The van der Waals surface area contributed by atoms with E-state index < -0.39 is 0 Å². The molecule has 0 aromatic rings. The van der Waals surface area contributed by atoms with Gasteiger partial charge >= 0.3 is 5.97 Å². The number of esters is 1. The van der Waals surface area contributed by atoms with Crippen LogP contribution in [0.25, 0.3) is 0 Å². The van der Waals surface area contributed by atoms with Crippen LogP contribution < -0.4 is 0 Å². The molecule has 0 radical (unpaired) electrons. The third kappa shape index (κ3) is 18.3.